The van der Waals surface area contributed by atoms with Crippen molar-refractivity contribution in [2.75, 3.05) is 5.32 Å². The summed E-state index contributed by atoms with van der Waals surface area (Å²) in [7, 11) is 1.66. The Kier molecular flexibility index (Phi) is 3.79. The molecule has 1 rings (SSSR count). The number of nitrogens with one attached hydrogen (secondary N) is 1. The Labute approximate surface area is 106 Å². The zero-order chi connectivity index (χ0) is 14.1. The number of aryl methyl sites for hydroxylation is 2. The van der Waals surface area contributed by atoms with Crippen LogP contribution in [0.2, 0.25) is 0 Å². The Bertz CT molecular complexity index is 483. The van der Waals surface area contributed by atoms with Crippen molar-refractivity contribution in [1.29, 1.82) is 0 Å². The van der Waals surface area contributed by atoms with Gasteiger partial charge in [-0.2, -0.15) is 5.10 Å². The Morgan fingerprint density at radius 3 is 2.33 bits per heavy atom. The number of hydrogen-bond acceptors (Lipinski definition) is 4. The summed E-state index contributed by atoms with van der Waals surface area (Å²) in [6, 6.07) is 0. The molecule has 0 bridgehead atoms. The minimum Gasteiger partial charge on any atom is -0.444 e. The minimum atomic E-state index is -0.604. The molecule has 0 aromatic carbocycles. The largest absolute Gasteiger partial charge is 0.444 e. The summed E-state index contributed by atoms with van der Waals surface area (Å²) in [5.41, 5.74) is 0.396. The monoisotopic (exact) mass is 253 g/mol. The third-order valence-corrected chi connectivity index (χ3v) is 2.19. The molecule has 0 aliphatic heterocycles. The summed E-state index contributed by atoms with van der Waals surface area (Å²) in [5.74, 6) is 0.209. The number of carbonyl (C=O) groups excluding carboxylic acids is 2. The van der Waals surface area contributed by atoms with Gasteiger partial charge in [0.05, 0.1) is 11.3 Å². The van der Waals surface area contributed by atoms with Crippen molar-refractivity contribution in [3.63, 3.8) is 0 Å². The van der Waals surface area contributed by atoms with Crippen LogP contribution in [0.1, 0.15) is 43.7 Å². The second kappa shape index (κ2) is 4.80. The average molecular weight is 253 g/mol. The zero-order valence-corrected chi connectivity index (χ0v) is 11.6. The smallest absolute Gasteiger partial charge is 0.413 e. The van der Waals surface area contributed by atoms with Gasteiger partial charge in [-0.25, -0.2) is 4.79 Å². The van der Waals surface area contributed by atoms with Gasteiger partial charge in [0, 0.05) is 7.05 Å². The molecule has 0 saturated heterocycles. The standard InChI is InChI=1S/C12H19N3O3/c1-7-9(8(2)16)10(15(6)14-7)13-11(17)18-12(3,4)5/h1-6H3,(H,13,17). The second-order valence-electron chi connectivity index (χ2n) is 5.12. The first-order valence-electron chi connectivity index (χ1n) is 5.66. The maximum Gasteiger partial charge on any atom is 0.413 e. The maximum absolute atomic E-state index is 11.7. The highest BCUT2D eigenvalue weighted by molar-refractivity contribution is 6.02. The molecule has 1 N–H and O–H groups in total. The lowest BCUT2D eigenvalue weighted by molar-refractivity contribution is 0.0634. The number of ether oxygens (including phenoxy) is 1. The molecule has 0 radical (unpaired) electrons. The van der Waals surface area contributed by atoms with Crippen molar-refractivity contribution in [3.8, 4) is 0 Å². The normalized spacial score (nSPS) is 11.2. The van der Waals surface area contributed by atoms with E-state index in [2.05, 4.69) is 10.4 Å². The van der Waals surface area contributed by atoms with Crippen LogP contribution in [0.3, 0.4) is 0 Å². The lowest BCUT2D eigenvalue weighted by Crippen LogP contribution is -2.28. The molecule has 0 aliphatic carbocycles. The summed E-state index contributed by atoms with van der Waals surface area (Å²) < 4.78 is 6.59. The third-order valence-electron chi connectivity index (χ3n) is 2.19. The van der Waals surface area contributed by atoms with Crippen LogP contribution >= 0.6 is 0 Å². The summed E-state index contributed by atoms with van der Waals surface area (Å²) in [6.45, 7) is 8.47. The van der Waals surface area contributed by atoms with Crippen LogP contribution in [0, 0.1) is 6.92 Å². The SMILES string of the molecule is CC(=O)c1c(C)nn(C)c1NC(=O)OC(C)(C)C. The van der Waals surface area contributed by atoms with E-state index in [0.29, 0.717) is 17.1 Å². The molecule has 0 saturated carbocycles. The van der Waals surface area contributed by atoms with Gasteiger partial charge in [0.25, 0.3) is 0 Å². The molecule has 6 nitrogen and oxygen atoms in total. The number of anilines is 1. The summed E-state index contributed by atoms with van der Waals surface area (Å²) >= 11 is 0. The van der Waals surface area contributed by atoms with Gasteiger partial charge in [-0.05, 0) is 34.6 Å². The number of rotatable bonds is 2. The van der Waals surface area contributed by atoms with Gasteiger partial charge in [0.1, 0.15) is 11.4 Å². The molecule has 0 spiro atoms. The Balaban J connectivity index is 2.98. The molecule has 0 aliphatic rings. The van der Waals surface area contributed by atoms with E-state index in [-0.39, 0.29) is 5.78 Å². The predicted molar refractivity (Wildman–Crippen MR) is 67.8 cm³/mol. The van der Waals surface area contributed by atoms with Gasteiger partial charge in [-0.1, -0.05) is 0 Å². The van der Waals surface area contributed by atoms with E-state index in [1.807, 2.05) is 0 Å². The van der Waals surface area contributed by atoms with Crippen LogP contribution in [0.15, 0.2) is 0 Å². The van der Waals surface area contributed by atoms with Crippen molar-refractivity contribution in [2.45, 2.75) is 40.2 Å². The average Bonchev–Trinajstić information content (AvgIpc) is 2.37. The van der Waals surface area contributed by atoms with Crippen molar-refractivity contribution in [3.05, 3.63) is 11.3 Å². The molecule has 0 unspecified atom stereocenters. The Hall–Kier alpha value is -1.85. The first-order valence-corrected chi connectivity index (χ1v) is 5.66. The number of amides is 1. The molecule has 0 atom stereocenters. The number of carbonyl (C=O) groups is 2. The fourth-order valence-corrected chi connectivity index (χ4v) is 1.62. The molecule has 18 heavy (non-hydrogen) atoms. The maximum atomic E-state index is 11.7. The van der Waals surface area contributed by atoms with Crippen LogP contribution < -0.4 is 5.32 Å². The highest BCUT2D eigenvalue weighted by Crippen LogP contribution is 2.20. The zero-order valence-electron chi connectivity index (χ0n) is 11.6. The first kappa shape index (κ1) is 14.2. The van der Waals surface area contributed by atoms with Crippen molar-refractivity contribution in [2.24, 2.45) is 7.05 Å². The fraction of sp³-hybridized carbons (Fsp3) is 0.583. The number of nitrogens with zero attached hydrogens (tertiary/aromatic N) is 2. The molecule has 1 aromatic rings. The molecular formula is C12H19N3O3. The van der Waals surface area contributed by atoms with Crippen molar-refractivity contribution >= 4 is 17.7 Å². The highest BCUT2D eigenvalue weighted by Gasteiger charge is 2.22. The lowest BCUT2D eigenvalue weighted by Gasteiger charge is -2.19. The summed E-state index contributed by atoms with van der Waals surface area (Å²) in [5, 5.41) is 6.66. The fourth-order valence-electron chi connectivity index (χ4n) is 1.62. The van der Waals surface area contributed by atoms with Crippen molar-refractivity contribution in [1.82, 2.24) is 9.78 Å². The topological polar surface area (TPSA) is 73.2 Å². The molecule has 0 fully saturated rings. The molecule has 1 amide bonds. The lowest BCUT2D eigenvalue weighted by atomic mass is 10.2. The van der Waals surface area contributed by atoms with Gasteiger partial charge in [0.15, 0.2) is 5.78 Å². The van der Waals surface area contributed by atoms with Crippen LogP contribution in [-0.2, 0) is 11.8 Å². The number of ketones is 1. The van der Waals surface area contributed by atoms with E-state index in [1.54, 1.807) is 34.7 Å². The Morgan fingerprint density at radius 1 is 1.33 bits per heavy atom. The number of hydrogen-bond donors (Lipinski definition) is 1. The minimum absolute atomic E-state index is 0.147. The Morgan fingerprint density at radius 2 is 1.89 bits per heavy atom. The van der Waals surface area contributed by atoms with E-state index in [4.69, 9.17) is 4.74 Å². The molecule has 1 aromatic heterocycles. The van der Waals surface area contributed by atoms with E-state index >= 15 is 0 Å². The van der Waals surface area contributed by atoms with E-state index < -0.39 is 11.7 Å². The van der Waals surface area contributed by atoms with Crippen molar-refractivity contribution < 1.29 is 14.3 Å². The van der Waals surface area contributed by atoms with Crippen LogP contribution in [0.25, 0.3) is 0 Å². The molecule has 100 valence electrons. The van der Waals surface area contributed by atoms with Gasteiger partial charge < -0.3 is 4.74 Å². The van der Waals surface area contributed by atoms with Crippen LogP contribution in [0.5, 0.6) is 0 Å². The molecular weight excluding hydrogens is 234 g/mol. The number of Topliss-reactive ketones (excluding diaryl/α,β-unsaturated/α-hetero) is 1. The van der Waals surface area contributed by atoms with E-state index in [1.165, 1.54) is 11.6 Å². The highest BCUT2D eigenvalue weighted by atomic mass is 16.6. The predicted octanol–water partition coefficient (Wildman–Crippen LogP) is 2.28. The quantitative estimate of drug-likeness (QED) is 0.820. The summed E-state index contributed by atoms with van der Waals surface area (Å²) in [4.78, 5) is 23.2. The van der Waals surface area contributed by atoms with Crippen LogP contribution in [0.4, 0.5) is 10.6 Å². The molecule has 1 heterocycles. The number of aromatic nitrogens is 2. The van der Waals surface area contributed by atoms with Crippen LogP contribution in [-0.4, -0.2) is 27.3 Å². The van der Waals surface area contributed by atoms with Gasteiger partial charge in [0.2, 0.25) is 0 Å². The third kappa shape index (κ3) is 3.32. The van der Waals surface area contributed by atoms with Gasteiger partial charge in [-0.3, -0.25) is 14.8 Å². The van der Waals surface area contributed by atoms with Gasteiger partial charge in [-0.15, -0.1) is 0 Å². The van der Waals surface area contributed by atoms with E-state index in [9.17, 15) is 9.59 Å². The van der Waals surface area contributed by atoms with Gasteiger partial charge >= 0.3 is 6.09 Å². The molecule has 6 heteroatoms. The first-order chi connectivity index (χ1) is 8.11. The van der Waals surface area contributed by atoms with E-state index in [0.717, 1.165) is 0 Å². The summed E-state index contributed by atoms with van der Waals surface area (Å²) in [6.07, 6.45) is -0.604. The second-order valence-corrected chi connectivity index (χ2v) is 5.12.